The van der Waals surface area contributed by atoms with Gasteiger partial charge in [-0.25, -0.2) is 9.97 Å². The zero-order chi connectivity index (χ0) is 19.7. The van der Waals surface area contributed by atoms with E-state index in [2.05, 4.69) is 65.2 Å². The molecule has 0 spiro atoms. The third-order valence-corrected chi connectivity index (χ3v) is 5.25. The number of aromatic nitrogens is 3. The topological polar surface area (TPSA) is 66.1 Å². The third kappa shape index (κ3) is 4.03. The fourth-order valence-corrected chi connectivity index (χ4v) is 3.59. The molecule has 0 saturated carbocycles. The van der Waals surface area contributed by atoms with Crippen LogP contribution in [0.25, 0.3) is 22.4 Å². The zero-order valence-electron chi connectivity index (χ0n) is 17.1. The van der Waals surface area contributed by atoms with E-state index in [9.17, 15) is 0 Å². The Hall–Kier alpha value is -2.44. The maximum Gasteiger partial charge on any atom is 0.156 e. The number of ether oxygens (including phenoxy) is 1. The van der Waals surface area contributed by atoms with Gasteiger partial charge in [0.15, 0.2) is 5.65 Å². The van der Waals surface area contributed by atoms with Crippen molar-refractivity contribution < 1.29 is 4.74 Å². The Morgan fingerprint density at radius 2 is 2.18 bits per heavy atom. The van der Waals surface area contributed by atoms with Crippen molar-refractivity contribution in [3.63, 3.8) is 0 Å². The van der Waals surface area contributed by atoms with Crippen molar-refractivity contribution in [2.24, 2.45) is 0 Å². The van der Waals surface area contributed by atoms with Gasteiger partial charge < -0.3 is 19.9 Å². The summed E-state index contributed by atoms with van der Waals surface area (Å²) in [5.74, 6) is 0. The molecule has 2 N–H and O–H groups in total. The molecule has 1 saturated heterocycles. The number of H-pyrrole nitrogens is 1. The Kier molecular flexibility index (Phi) is 5.08. The minimum absolute atomic E-state index is 0.0543. The molecular weight excluding hydrogens is 350 g/mol. The summed E-state index contributed by atoms with van der Waals surface area (Å²) < 4.78 is 5.50. The van der Waals surface area contributed by atoms with Crippen molar-refractivity contribution in [2.75, 3.05) is 25.1 Å². The molecule has 0 aliphatic carbocycles. The SMILES string of the molecule is COC1CCN(c2cccc(-c3cnc4[nH]cc(CNC(C)(C)C)c4n3)c2)C1. The van der Waals surface area contributed by atoms with Crippen LogP contribution in [0.5, 0.6) is 0 Å². The average molecular weight is 380 g/mol. The van der Waals surface area contributed by atoms with E-state index in [4.69, 9.17) is 9.72 Å². The lowest BCUT2D eigenvalue weighted by Crippen LogP contribution is -2.35. The molecule has 28 heavy (non-hydrogen) atoms. The van der Waals surface area contributed by atoms with Crippen LogP contribution in [-0.4, -0.2) is 46.8 Å². The molecule has 1 atom stereocenters. The molecule has 3 aromatic rings. The standard InChI is InChI=1S/C22H29N5O/c1-22(2,3)25-12-16-11-23-21-20(16)26-19(13-24-21)15-6-5-7-17(10-15)27-9-8-18(14-27)28-4/h5-7,10-11,13,18,25H,8-9,12,14H2,1-4H3,(H,23,24). The Balaban J connectivity index is 1.61. The van der Waals surface area contributed by atoms with Crippen LogP contribution in [0.3, 0.4) is 0 Å². The number of hydrogen-bond donors (Lipinski definition) is 2. The van der Waals surface area contributed by atoms with E-state index in [1.54, 1.807) is 7.11 Å². The lowest BCUT2D eigenvalue weighted by molar-refractivity contribution is 0.121. The fraction of sp³-hybridized carbons (Fsp3) is 0.455. The van der Waals surface area contributed by atoms with Gasteiger partial charge in [0.25, 0.3) is 0 Å². The summed E-state index contributed by atoms with van der Waals surface area (Å²) in [5, 5.41) is 3.53. The lowest BCUT2D eigenvalue weighted by atomic mass is 10.1. The Morgan fingerprint density at radius 1 is 1.32 bits per heavy atom. The molecule has 0 radical (unpaired) electrons. The number of rotatable bonds is 5. The molecule has 2 aromatic heterocycles. The first kappa shape index (κ1) is 18.9. The monoisotopic (exact) mass is 379 g/mol. The van der Waals surface area contributed by atoms with Crippen LogP contribution in [0.1, 0.15) is 32.8 Å². The number of nitrogens with zero attached hydrogens (tertiary/aromatic N) is 3. The predicted octanol–water partition coefficient (Wildman–Crippen LogP) is 3.74. The van der Waals surface area contributed by atoms with Gasteiger partial charge >= 0.3 is 0 Å². The van der Waals surface area contributed by atoms with Crippen LogP contribution in [-0.2, 0) is 11.3 Å². The molecule has 1 unspecified atom stereocenters. The van der Waals surface area contributed by atoms with Crippen molar-refractivity contribution in [3.8, 4) is 11.3 Å². The summed E-state index contributed by atoms with van der Waals surface area (Å²) in [6.07, 6.45) is 5.23. The van der Waals surface area contributed by atoms with Gasteiger partial charge in [-0.05, 0) is 39.3 Å². The molecule has 0 bridgehead atoms. The van der Waals surface area contributed by atoms with E-state index in [0.29, 0.717) is 6.10 Å². The average Bonchev–Trinajstić information content (AvgIpc) is 3.32. The summed E-state index contributed by atoms with van der Waals surface area (Å²) >= 11 is 0. The van der Waals surface area contributed by atoms with Crippen molar-refractivity contribution in [2.45, 2.75) is 45.4 Å². The van der Waals surface area contributed by atoms with Crippen LogP contribution in [0, 0.1) is 0 Å². The molecule has 6 nitrogen and oxygen atoms in total. The maximum absolute atomic E-state index is 5.50. The van der Waals surface area contributed by atoms with E-state index >= 15 is 0 Å². The van der Waals surface area contributed by atoms with Gasteiger partial charge in [0.05, 0.1) is 18.0 Å². The van der Waals surface area contributed by atoms with Crippen LogP contribution in [0.2, 0.25) is 0 Å². The second kappa shape index (κ2) is 7.53. The minimum Gasteiger partial charge on any atom is -0.380 e. The van der Waals surface area contributed by atoms with Crippen LogP contribution in [0.4, 0.5) is 5.69 Å². The van der Waals surface area contributed by atoms with Crippen molar-refractivity contribution in [1.82, 2.24) is 20.3 Å². The van der Waals surface area contributed by atoms with Crippen molar-refractivity contribution in [3.05, 3.63) is 42.2 Å². The van der Waals surface area contributed by atoms with Gasteiger partial charge in [-0.1, -0.05) is 12.1 Å². The van der Waals surface area contributed by atoms with Crippen molar-refractivity contribution >= 4 is 16.9 Å². The summed E-state index contributed by atoms with van der Waals surface area (Å²) in [6, 6.07) is 8.55. The van der Waals surface area contributed by atoms with Gasteiger partial charge in [-0.15, -0.1) is 0 Å². The van der Waals surface area contributed by atoms with Crippen LogP contribution >= 0.6 is 0 Å². The maximum atomic E-state index is 5.50. The highest BCUT2D eigenvalue weighted by Gasteiger charge is 2.22. The number of benzene rings is 1. The van der Waals surface area contributed by atoms with Gasteiger partial charge in [0.1, 0.15) is 5.52 Å². The fourth-order valence-electron chi connectivity index (χ4n) is 3.59. The number of methoxy groups -OCH3 is 1. The Morgan fingerprint density at radius 3 is 2.93 bits per heavy atom. The van der Waals surface area contributed by atoms with Gasteiger partial charge in [0.2, 0.25) is 0 Å². The highest BCUT2D eigenvalue weighted by Crippen LogP contribution is 2.27. The lowest BCUT2D eigenvalue weighted by Gasteiger charge is -2.20. The Bertz CT molecular complexity index is 959. The van der Waals surface area contributed by atoms with Gasteiger partial charge in [-0.2, -0.15) is 0 Å². The first-order valence-corrected chi connectivity index (χ1v) is 9.89. The smallest absolute Gasteiger partial charge is 0.156 e. The van der Waals surface area contributed by atoms with E-state index in [-0.39, 0.29) is 5.54 Å². The van der Waals surface area contributed by atoms with Gasteiger partial charge in [0, 0.05) is 55.3 Å². The van der Waals surface area contributed by atoms with Gasteiger partial charge in [-0.3, -0.25) is 0 Å². The summed E-state index contributed by atoms with van der Waals surface area (Å²) in [7, 11) is 1.79. The number of anilines is 1. The highest BCUT2D eigenvalue weighted by atomic mass is 16.5. The molecular formula is C22H29N5O. The quantitative estimate of drug-likeness (QED) is 0.707. The second-order valence-electron chi connectivity index (χ2n) is 8.51. The Labute approximate surface area is 166 Å². The number of aromatic amines is 1. The molecule has 0 amide bonds. The second-order valence-corrected chi connectivity index (χ2v) is 8.51. The molecule has 1 aromatic carbocycles. The highest BCUT2D eigenvalue weighted by molar-refractivity contribution is 5.78. The predicted molar refractivity (Wildman–Crippen MR) is 114 cm³/mol. The molecule has 1 fully saturated rings. The van der Waals surface area contributed by atoms with E-state index in [1.165, 1.54) is 5.69 Å². The molecule has 3 heterocycles. The summed E-state index contributed by atoms with van der Waals surface area (Å²) in [6.45, 7) is 9.21. The minimum atomic E-state index is 0.0543. The van der Waals surface area contributed by atoms with Crippen molar-refractivity contribution in [1.29, 1.82) is 0 Å². The van der Waals surface area contributed by atoms with E-state index in [0.717, 1.165) is 54.0 Å². The summed E-state index contributed by atoms with van der Waals surface area (Å²) in [5.41, 5.74) is 6.14. The molecule has 6 heteroatoms. The molecule has 148 valence electrons. The van der Waals surface area contributed by atoms with Crippen LogP contribution in [0.15, 0.2) is 36.7 Å². The largest absolute Gasteiger partial charge is 0.380 e. The number of hydrogen-bond acceptors (Lipinski definition) is 5. The first-order valence-electron chi connectivity index (χ1n) is 9.89. The normalized spacial score (nSPS) is 17.6. The summed E-state index contributed by atoms with van der Waals surface area (Å²) in [4.78, 5) is 15.1. The number of nitrogens with one attached hydrogen (secondary N) is 2. The van der Waals surface area contributed by atoms with E-state index < -0.39 is 0 Å². The van der Waals surface area contributed by atoms with Crippen LogP contribution < -0.4 is 10.2 Å². The first-order chi connectivity index (χ1) is 13.4. The third-order valence-electron chi connectivity index (χ3n) is 5.25. The molecule has 4 rings (SSSR count). The van der Waals surface area contributed by atoms with E-state index in [1.807, 2.05) is 12.4 Å². The molecule has 1 aliphatic heterocycles. The molecule has 1 aliphatic rings. The number of fused-ring (bicyclic) bond motifs is 1. The zero-order valence-corrected chi connectivity index (χ0v) is 17.1.